The van der Waals surface area contributed by atoms with Crippen LogP contribution >= 0.6 is 23.4 Å². The molecule has 0 spiro atoms. The molecule has 1 aromatic heterocycles. The van der Waals surface area contributed by atoms with Crippen LogP contribution in [0.5, 0.6) is 0 Å². The van der Waals surface area contributed by atoms with Crippen LogP contribution < -0.4 is 10.6 Å². The van der Waals surface area contributed by atoms with Gasteiger partial charge in [0.25, 0.3) is 5.91 Å². The van der Waals surface area contributed by atoms with E-state index in [1.54, 1.807) is 12.1 Å². The van der Waals surface area contributed by atoms with Gasteiger partial charge in [-0.1, -0.05) is 11.6 Å². The van der Waals surface area contributed by atoms with E-state index in [4.69, 9.17) is 11.6 Å². The molecule has 2 amide bonds. The summed E-state index contributed by atoms with van der Waals surface area (Å²) < 4.78 is 40.2. The van der Waals surface area contributed by atoms with Crippen LogP contribution in [-0.2, 0) is 4.79 Å². The van der Waals surface area contributed by atoms with Crippen molar-refractivity contribution in [2.24, 2.45) is 0 Å². The van der Waals surface area contributed by atoms with E-state index in [-0.39, 0.29) is 28.1 Å². The second-order valence-corrected chi connectivity index (χ2v) is 9.98. The molecule has 6 nitrogen and oxygen atoms in total. The molecule has 4 rings (SSSR count). The quantitative estimate of drug-likeness (QED) is 0.151. The highest BCUT2D eigenvalue weighted by Crippen LogP contribution is 2.25. The number of nitrogens with one attached hydrogen (secondary N) is 3. The van der Waals surface area contributed by atoms with Crippen LogP contribution in [0.2, 0.25) is 5.02 Å². The van der Waals surface area contributed by atoms with E-state index in [1.165, 1.54) is 60.3 Å². The van der Waals surface area contributed by atoms with Crippen molar-refractivity contribution >= 4 is 46.2 Å². The highest BCUT2D eigenvalue weighted by molar-refractivity contribution is 8.00. The minimum atomic E-state index is -0.588. The molecule has 1 atom stereocenters. The van der Waals surface area contributed by atoms with Crippen LogP contribution in [0, 0.1) is 17.5 Å². The smallest absolute Gasteiger partial charge is 0.251 e. The summed E-state index contributed by atoms with van der Waals surface area (Å²) in [5, 5.41) is 5.69. The Morgan fingerprint density at radius 2 is 1.66 bits per heavy atom. The van der Waals surface area contributed by atoms with Gasteiger partial charge < -0.3 is 15.6 Å². The number of rotatable bonds is 11. The van der Waals surface area contributed by atoms with Crippen LogP contribution in [0.1, 0.15) is 41.5 Å². The van der Waals surface area contributed by atoms with E-state index in [9.17, 15) is 22.8 Å². The number of amides is 2. The third-order valence-corrected chi connectivity index (χ3v) is 7.01. The topological polar surface area (TPSA) is 86.9 Å². The number of aromatic nitrogens is 2. The van der Waals surface area contributed by atoms with Crippen molar-refractivity contribution < 1.29 is 22.8 Å². The molecule has 0 radical (unpaired) electrons. The average molecular weight is 561 g/mol. The number of fused-ring (bicyclic) bond motifs is 1. The lowest BCUT2D eigenvalue weighted by Gasteiger charge is -2.17. The van der Waals surface area contributed by atoms with Crippen molar-refractivity contribution in [3.05, 3.63) is 94.5 Å². The highest BCUT2D eigenvalue weighted by Gasteiger charge is 2.20. The van der Waals surface area contributed by atoms with Crippen LogP contribution in [0.25, 0.3) is 11.0 Å². The van der Waals surface area contributed by atoms with Crippen molar-refractivity contribution in [1.29, 1.82) is 0 Å². The zero-order valence-corrected chi connectivity index (χ0v) is 21.6. The fraction of sp³-hybridized carbons (Fsp3) is 0.222. The van der Waals surface area contributed by atoms with Gasteiger partial charge in [-0.3, -0.25) is 9.59 Å². The number of aromatic amines is 1. The van der Waals surface area contributed by atoms with Gasteiger partial charge in [0.1, 0.15) is 23.3 Å². The fourth-order valence-corrected chi connectivity index (χ4v) is 4.63. The van der Waals surface area contributed by atoms with Gasteiger partial charge in [-0.25, -0.2) is 18.2 Å². The Labute approximate surface area is 226 Å². The summed E-state index contributed by atoms with van der Waals surface area (Å²) >= 11 is 7.20. The van der Waals surface area contributed by atoms with E-state index < -0.39 is 23.6 Å². The summed E-state index contributed by atoms with van der Waals surface area (Å²) in [6.45, 7) is 0.433. The zero-order valence-electron chi connectivity index (χ0n) is 20.1. The van der Waals surface area contributed by atoms with Crippen LogP contribution in [0.3, 0.4) is 0 Å². The first-order valence-corrected chi connectivity index (χ1v) is 13.2. The molecule has 0 aliphatic heterocycles. The predicted molar refractivity (Wildman–Crippen MR) is 142 cm³/mol. The molecular formula is C27H24ClF3N4O2S. The number of nitrogens with zero attached hydrogens (tertiary/aromatic N) is 1. The van der Waals surface area contributed by atoms with Gasteiger partial charge >= 0.3 is 0 Å². The van der Waals surface area contributed by atoms with Gasteiger partial charge in [-0.05, 0) is 73.9 Å². The van der Waals surface area contributed by atoms with E-state index in [1.807, 2.05) is 0 Å². The fourth-order valence-electron chi connectivity index (χ4n) is 3.74. The molecule has 4 aromatic rings. The maximum absolute atomic E-state index is 13.9. The molecule has 0 fully saturated rings. The molecule has 11 heteroatoms. The number of carbonyl (C=O) groups is 2. The molecule has 0 saturated carbocycles. The summed E-state index contributed by atoms with van der Waals surface area (Å²) in [5.41, 5.74) is 1.18. The van der Waals surface area contributed by atoms with E-state index in [2.05, 4.69) is 20.6 Å². The normalized spacial score (nSPS) is 11.9. The molecule has 198 valence electrons. The van der Waals surface area contributed by atoms with Gasteiger partial charge in [0.15, 0.2) is 0 Å². The molecule has 0 aliphatic rings. The Morgan fingerprint density at radius 1 is 0.974 bits per heavy atom. The molecule has 3 aromatic carbocycles. The average Bonchev–Trinajstić information content (AvgIpc) is 3.30. The first kappa shape index (κ1) is 27.5. The summed E-state index contributed by atoms with van der Waals surface area (Å²) in [6, 6.07) is 13.2. The maximum Gasteiger partial charge on any atom is 0.251 e. The molecule has 1 heterocycles. The third kappa shape index (κ3) is 7.52. The van der Waals surface area contributed by atoms with E-state index in [0.29, 0.717) is 42.7 Å². The van der Waals surface area contributed by atoms with E-state index in [0.717, 1.165) is 4.90 Å². The second kappa shape index (κ2) is 12.8. The van der Waals surface area contributed by atoms with Crippen LogP contribution in [0.4, 0.5) is 13.2 Å². The molecule has 0 saturated heterocycles. The predicted octanol–water partition coefficient (Wildman–Crippen LogP) is 6.18. The Hall–Kier alpha value is -3.50. The van der Waals surface area contributed by atoms with Crippen LogP contribution in [0.15, 0.2) is 65.6 Å². The first-order chi connectivity index (χ1) is 18.3. The lowest BCUT2D eigenvalue weighted by Crippen LogP contribution is -2.30. The zero-order chi connectivity index (χ0) is 27.1. The molecular weight excluding hydrogens is 537 g/mol. The van der Waals surface area contributed by atoms with Gasteiger partial charge in [0.05, 0.1) is 27.9 Å². The Kier molecular flexibility index (Phi) is 9.30. The SMILES string of the molecule is O=C(CSc1ccc(F)cc1)NCCCC[C@H](NC(=O)c1ccc(F)cc1)c1nc2cc(Cl)c(F)cc2[nH]1. The molecule has 0 bridgehead atoms. The monoisotopic (exact) mass is 560 g/mol. The first-order valence-electron chi connectivity index (χ1n) is 11.8. The number of unbranched alkanes of at least 4 members (excludes halogenated alkanes) is 1. The van der Waals surface area contributed by atoms with Gasteiger partial charge in [0, 0.05) is 23.1 Å². The molecule has 38 heavy (non-hydrogen) atoms. The summed E-state index contributed by atoms with van der Waals surface area (Å²) in [7, 11) is 0. The van der Waals surface area contributed by atoms with E-state index >= 15 is 0 Å². The second-order valence-electron chi connectivity index (χ2n) is 8.53. The van der Waals surface area contributed by atoms with Crippen molar-refractivity contribution in [1.82, 2.24) is 20.6 Å². The summed E-state index contributed by atoms with van der Waals surface area (Å²) in [6.07, 6.45) is 1.74. The minimum absolute atomic E-state index is 0.0595. The van der Waals surface area contributed by atoms with Crippen molar-refractivity contribution in [3.63, 3.8) is 0 Å². The van der Waals surface area contributed by atoms with Crippen molar-refractivity contribution in [2.75, 3.05) is 12.3 Å². The summed E-state index contributed by atoms with van der Waals surface area (Å²) in [4.78, 5) is 33.3. The standard InChI is InChI=1S/C27H24ClF3N4O2S/c28-20-13-23-24(14-21(20)31)34-26(33-23)22(35-27(37)16-4-6-17(29)7-5-16)3-1-2-12-32-25(36)15-38-19-10-8-18(30)9-11-19/h4-11,13-14,22H,1-3,12,15H2,(H,32,36)(H,33,34)(H,35,37)/t22-/m0/s1. The third-order valence-electron chi connectivity index (χ3n) is 5.71. The lowest BCUT2D eigenvalue weighted by atomic mass is 10.1. The number of hydrogen-bond acceptors (Lipinski definition) is 4. The number of benzene rings is 3. The molecule has 0 aliphatic carbocycles. The van der Waals surface area contributed by atoms with Gasteiger partial charge in [-0.2, -0.15) is 0 Å². The number of halogens is 4. The maximum atomic E-state index is 13.9. The van der Waals surface area contributed by atoms with Crippen LogP contribution in [-0.4, -0.2) is 34.1 Å². The molecule has 3 N–H and O–H groups in total. The number of thioether (sulfide) groups is 1. The van der Waals surface area contributed by atoms with Gasteiger partial charge in [-0.15, -0.1) is 11.8 Å². The van der Waals surface area contributed by atoms with Gasteiger partial charge in [0.2, 0.25) is 5.91 Å². The van der Waals surface area contributed by atoms with Crippen molar-refractivity contribution in [3.8, 4) is 0 Å². The largest absolute Gasteiger partial charge is 0.355 e. The Bertz CT molecular complexity index is 1380. The Balaban J connectivity index is 1.34. The lowest BCUT2D eigenvalue weighted by molar-refractivity contribution is -0.118. The minimum Gasteiger partial charge on any atom is -0.355 e. The number of carbonyl (C=O) groups excluding carboxylic acids is 2. The number of hydrogen-bond donors (Lipinski definition) is 3. The molecule has 0 unspecified atom stereocenters. The number of imidazole rings is 1. The number of H-pyrrole nitrogens is 1. The summed E-state index contributed by atoms with van der Waals surface area (Å²) in [5.74, 6) is -1.29. The van der Waals surface area contributed by atoms with Crippen molar-refractivity contribution in [2.45, 2.75) is 30.2 Å². The Morgan fingerprint density at radius 3 is 2.37 bits per heavy atom. The highest BCUT2D eigenvalue weighted by atomic mass is 35.5.